The average Bonchev–Trinajstić information content (AvgIpc) is 3.59. The van der Waals surface area contributed by atoms with Crippen molar-refractivity contribution in [2.45, 2.75) is 43.3 Å². The molecule has 2 heterocycles. The van der Waals surface area contributed by atoms with Crippen molar-refractivity contribution in [3.05, 3.63) is 95.6 Å². The van der Waals surface area contributed by atoms with E-state index in [0.29, 0.717) is 35.1 Å². The van der Waals surface area contributed by atoms with Crippen LogP contribution in [-0.4, -0.2) is 31.2 Å². The largest absolute Gasteiger partial charge is 0.489 e. The maximum Gasteiger partial charge on any atom is 0.416 e. The molecule has 0 radical (unpaired) electrons. The SMILES string of the molecule is O=C(NCc1cccc(OCc2ccc(C(F)(F)F)cc2)c1)[C@@H]1CCCN1S(=O)(=O)c1cc2ccccc2o1. The predicted molar refractivity (Wildman–Crippen MR) is 137 cm³/mol. The molecule has 1 amide bonds. The first-order valence-electron chi connectivity index (χ1n) is 12.3. The number of nitrogens with zero attached hydrogens (tertiary/aromatic N) is 1. The Kier molecular flexibility index (Phi) is 7.37. The smallest absolute Gasteiger partial charge is 0.416 e. The normalized spacial score (nSPS) is 16.4. The summed E-state index contributed by atoms with van der Waals surface area (Å²) in [6.07, 6.45) is -3.46. The van der Waals surface area contributed by atoms with Gasteiger partial charge in [-0.15, -0.1) is 0 Å². The number of hydrogen-bond acceptors (Lipinski definition) is 5. The third-order valence-electron chi connectivity index (χ3n) is 6.52. The summed E-state index contributed by atoms with van der Waals surface area (Å²) >= 11 is 0. The summed E-state index contributed by atoms with van der Waals surface area (Å²) in [7, 11) is -4.01. The van der Waals surface area contributed by atoms with Crippen molar-refractivity contribution < 1.29 is 35.5 Å². The molecule has 1 aromatic heterocycles. The zero-order valence-corrected chi connectivity index (χ0v) is 21.5. The van der Waals surface area contributed by atoms with Gasteiger partial charge in [-0.05, 0) is 54.3 Å². The third-order valence-corrected chi connectivity index (χ3v) is 8.29. The minimum atomic E-state index is -4.40. The summed E-state index contributed by atoms with van der Waals surface area (Å²) < 4.78 is 77.2. The number of carbonyl (C=O) groups is 1. The van der Waals surface area contributed by atoms with E-state index in [2.05, 4.69) is 5.32 Å². The van der Waals surface area contributed by atoms with E-state index < -0.39 is 33.7 Å². The second-order valence-corrected chi connectivity index (χ2v) is 11.0. The van der Waals surface area contributed by atoms with Gasteiger partial charge in [0.05, 0.1) is 5.56 Å². The van der Waals surface area contributed by atoms with Gasteiger partial charge in [0.25, 0.3) is 10.0 Å². The molecule has 4 aromatic rings. The van der Waals surface area contributed by atoms with Crippen LogP contribution in [0.3, 0.4) is 0 Å². The first kappa shape index (κ1) is 26.8. The number of carbonyl (C=O) groups excluding carboxylic acids is 1. The van der Waals surface area contributed by atoms with Gasteiger partial charge in [-0.25, -0.2) is 8.42 Å². The van der Waals surface area contributed by atoms with E-state index in [4.69, 9.17) is 9.15 Å². The van der Waals surface area contributed by atoms with Gasteiger partial charge in [0, 0.05) is 24.5 Å². The van der Waals surface area contributed by atoms with Crippen molar-refractivity contribution in [2.24, 2.45) is 0 Å². The Labute approximate surface area is 223 Å². The summed E-state index contributed by atoms with van der Waals surface area (Å²) in [6.45, 7) is 0.431. The monoisotopic (exact) mass is 558 g/mol. The number of halogens is 3. The number of sulfonamides is 1. The molecule has 3 aromatic carbocycles. The summed E-state index contributed by atoms with van der Waals surface area (Å²) in [5, 5.41) is 3.27. The number of benzene rings is 3. The van der Waals surface area contributed by atoms with Crippen molar-refractivity contribution in [1.29, 1.82) is 0 Å². The van der Waals surface area contributed by atoms with Crippen LogP contribution >= 0.6 is 0 Å². The number of para-hydroxylation sites is 1. The predicted octanol–water partition coefficient (Wildman–Crippen LogP) is 5.50. The number of furan rings is 1. The van der Waals surface area contributed by atoms with Gasteiger partial charge in [0.2, 0.25) is 11.0 Å². The lowest BCUT2D eigenvalue weighted by molar-refractivity contribution is -0.137. The van der Waals surface area contributed by atoms with Crippen LogP contribution in [0.2, 0.25) is 0 Å². The summed E-state index contributed by atoms with van der Waals surface area (Å²) in [5.41, 5.74) is 1.03. The molecule has 1 saturated heterocycles. The molecule has 1 aliphatic rings. The Morgan fingerprint density at radius 2 is 1.77 bits per heavy atom. The topological polar surface area (TPSA) is 88.9 Å². The lowest BCUT2D eigenvalue weighted by Gasteiger charge is -2.22. The third kappa shape index (κ3) is 5.94. The highest BCUT2D eigenvalue weighted by Gasteiger charge is 2.41. The van der Waals surface area contributed by atoms with E-state index in [1.165, 1.54) is 22.5 Å². The van der Waals surface area contributed by atoms with Crippen LogP contribution in [0.4, 0.5) is 13.2 Å². The highest BCUT2D eigenvalue weighted by atomic mass is 32.2. The van der Waals surface area contributed by atoms with Gasteiger partial charge in [0.1, 0.15) is 24.0 Å². The van der Waals surface area contributed by atoms with Crippen molar-refractivity contribution in [2.75, 3.05) is 6.54 Å². The minimum absolute atomic E-state index is 0.0740. The van der Waals surface area contributed by atoms with Crippen molar-refractivity contribution in [3.8, 4) is 5.75 Å². The molecule has 39 heavy (non-hydrogen) atoms. The van der Waals surface area contributed by atoms with Gasteiger partial charge in [-0.3, -0.25) is 4.79 Å². The van der Waals surface area contributed by atoms with Gasteiger partial charge in [0.15, 0.2) is 0 Å². The quantitative estimate of drug-likeness (QED) is 0.309. The zero-order chi connectivity index (χ0) is 27.6. The second-order valence-electron chi connectivity index (χ2n) is 9.23. The highest BCUT2D eigenvalue weighted by Crippen LogP contribution is 2.31. The Morgan fingerprint density at radius 1 is 1.00 bits per heavy atom. The number of nitrogens with one attached hydrogen (secondary N) is 1. The van der Waals surface area contributed by atoms with Gasteiger partial charge in [-0.1, -0.05) is 42.5 Å². The Hall–Kier alpha value is -3.83. The maximum absolute atomic E-state index is 13.3. The molecule has 7 nitrogen and oxygen atoms in total. The number of alkyl halides is 3. The fraction of sp³-hybridized carbons (Fsp3) is 0.250. The van der Waals surface area contributed by atoms with Crippen molar-refractivity contribution in [1.82, 2.24) is 9.62 Å². The molecule has 1 N–H and O–H groups in total. The van der Waals surface area contributed by atoms with E-state index in [0.717, 1.165) is 17.7 Å². The zero-order valence-electron chi connectivity index (χ0n) is 20.6. The van der Waals surface area contributed by atoms with E-state index >= 15 is 0 Å². The van der Waals surface area contributed by atoms with Gasteiger partial charge in [-0.2, -0.15) is 17.5 Å². The molecule has 204 valence electrons. The lowest BCUT2D eigenvalue weighted by Crippen LogP contribution is -2.45. The first-order valence-corrected chi connectivity index (χ1v) is 13.7. The second kappa shape index (κ2) is 10.7. The molecule has 1 atom stereocenters. The molecule has 0 saturated carbocycles. The first-order chi connectivity index (χ1) is 18.6. The van der Waals surface area contributed by atoms with Crippen LogP contribution in [0.1, 0.15) is 29.5 Å². The molecular formula is C28H25F3N2O5S. The molecule has 5 rings (SSSR count). The molecule has 1 fully saturated rings. The highest BCUT2D eigenvalue weighted by molar-refractivity contribution is 7.89. The van der Waals surface area contributed by atoms with Crippen LogP contribution in [0.25, 0.3) is 11.0 Å². The van der Waals surface area contributed by atoms with Crippen LogP contribution in [-0.2, 0) is 34.1 Å². The number of ether oxygens (including phenoxy) is 1. The molecular weight excluding hydrogens is 533 g/mol. The number of amides is 1. The molecule has 0 aliphatic carbocycles. The fourth-order valence-corrected chi connectivity index (χ4v) is 6.11. The van der Waals surface area contributed by atoms with E-state index in [1.54, 1.807) is 48.5 Å². The van der Waals surface area contributed by atoms with E-state index in [1.807, 2.05) is 0 Å². The van der Waals surface area contributed by atoms with E-state index in [-0.39, 0.29) is 24.8 Å². The standard InChI is InChI=1S/C28H25F3N2O5S/c29-28(30,31)22-12-10-19(11-13-22)18-37-23-7-3-5-20(15-23)17-32-27(34)24-8-4-14-33(24)39(35,36)26-16-21-6-1-2-9-25(21)38-26/h1-3,5-7,9-13,15-16,24H,4,8,14,17-18H2,(H,32,34)/t24-/m0/s1. The summed E-state index contributed by atoms with van der Waals surface area (Å²) in [6, 6.07) is 19.2. The van der Waals surface area contributed by atoms with Crippen LogP contribution in [0.15, 0.2) is 88.4 Å². The number of rotatable bonds is 8. The van der Waals surface area contributed by atoms with Gasteiger partial charge >= 0.3 is 6.18 Å². The summed E-state index contributed by atoms with van der Waals surface area (Å²) in [5.74, 6) is 0.0693. The Bertz CT molecular complexity index is 1550. The van der Waals surface area contributed by atoms with Crippen molar-refractivity contribution in [3.63, 3.8) is 0 Å². The lowest BCUT2D eigenvalue weighted by atomic mass is 10.1. The van der Waals surface area contributed by atoms with E-state index in [9.17, 15) is 26.4 Å². The fourth-order valence-electron chi connectivity index (χ4n) is 4.50. The molecule has 0 unspecified atom stereocenters. The maximum atomic E-state index is 13.3. The molecule has 11 heteroatoms. The molecule has 0 spiro atoms. The van der Waals surface area contributed by atoms with Gasteiger partial charge < -0.3 is 14.5 Å². The Balaban J connectivity index is 1.20. The van der Waals surface area contributed by atoms with Crippen LogP contribution in [0.5, 0.6) is 5.75 Å². The number of fused-ring (bicyclic) bond motifs is 1. The molecule has 0 bridgehead atoms. The molecule has 1 aliphatic heterocycles. The number of hydrogen-bond donors (Lipinski definition) is 1. The average molecular weight is 559 g/mol. The summed E-state index contributed by atoms with van der Waals surface area (Å²) in [4.78, 5) is 13.0. The minimum Gasteiger partial charge on any atom is -0.489 e. The van der Waals surface area contributed by atoms with Crippen molar-refractivity contribution >= 4 is 26.9 Å². The van der Waals surface area contributed by atoms with Crippen LogP contribution in [0, 0.1) is 0 Å². The van der Waals surface area contributed by atoms with Crippen LogP contribution < -0.4 is 10.1 Å². The Morgan fingerprint density at radius 3 is 2.51 bits per heavy atom.